The SMILES string of the molecule is N#CCc1nc(-c2nc3ccccc3cc2Br)no1. The van der Waals surface area contributed by atoms with Gasteiger partial charge in [0.2, 0.25) is 11.7 Å². The van der Waals surface area contributed by atoms with Gasteiger partial charge in [0.25, 0.3) is 0 Å². The van der Waals surface area contributed by atoms with Crippen molar-refractivity contribution in [1.82, 2.24) is 15.1 Å². The van der Waals surface area contributed by atoms with Crippen molar-refractivity contribution in [2.45, 2.75) is 6.42 Å². The second kappa shape index (κ2) is 4.78. The fraction of sp³-hybridized carbons (Fsp3) is 0.0769. The summed E-state index contributed by atoms with van der Waals surface area (Å²) in [6, 6.07) is 11.7. The topological polar surface area (TPSA) is 75.6 Å². The average Bonchev–Trinajstić information content (AvgIpc) is 2.87. The van der Waals surface area contributed by atoms with Crippen LogP contribution in [0, 0.1) is 11.3 Å². The summed E-state index contributed by atoms with van der Waals surface area (Å²) in [5, 5.41) is 13.5. The zero-order valence-electron chi connectivity index (χ0n) is 9.67. The van der Waals surface area contributed by atoms with Crippen LogP contribution < -0.4 is 0 Å². The van der Waals surface area contributed by atoms with Gasteiger partial charge in [-0.2, -0.15) is 10.2 Å². The highest BCUT2D eigenvalue weighted by Crippen LogP contribution is 2.27. The number of hydrogen-bond acceptors (Lipinski definition) is 5. The molecule has 2 aromatic heterocycles. The van der Waals surface area contributed by atoms with Crippen LogP contribution in [0.1, 0.15) is 5.89 Å². The minimum atomic E-state index is 0.0954. The number of aromatic nitrogens is 3. The van der Waals surface area contributed by atoms with Gasteiger partial charge in [0, 0.05) is 9.86 Å². The number of para-hydroxylation sites is 1. The predicted molar refractivity (Wildman–Crippen MR) is 72.1 cm³/mol. The Bertz CT molecular complexity index is 791. The van der Waals surface area contributed by atoms with E-state index in [0.717, 1.165) is 15.4 Å². The molecule has 0 fully saturated rings. The lowest BCUT2D eigenvalue weighted by Crippen LogP contribution is -1.90. The van der Waals surface area contributed by atoms with E-state index >= 15 is 0 Å². The third-order valence-corrected chi connectivity index (χ3v) is 3.19. The zero-order valence-corrected chi connectivity index (χ0v) is 11.3. The van der Waals surface area contributed by atoms with Gasteiger partial charge >= 0.3 is 0 Å². The molecule has 0 aliphatic carbocycles. The Morgan fingerprint density at radius 3 is 2.95 bits per heavy atom. The summed E-state index contributed by atoms with van der Waals surface area (Å²) in [5.74, 6) is 0.669. The molecule has 0 saturated heterocycles. The van der Waals surface area contributed by atoms with Crippen LogP contribution in [0.15, 0.2) is 39.3 Å². The molecule has 92 valence electrons. The van der Waals surface area contributed by atoms with Gasteiger partial charge in [-0.05, 0) is 28.1 Å². The number of hydrogen-bond donors (Lipinski definition) is 0. The van der Waals surface area contributed by atoms with Crippen LogP contribution in [-0.4, -0.2) is 15.1 Å². The van der Waals surface area contributed by atoms with E-state index < -0.39 is 0 Å². The molecule has 0 amide bonds. The molecular weight excluding hydrogens is 308 g/mol. The summed E-state index contributed by atoms with van der Waals surface area (Å²) >= 11 is 3.45. The maximum atomic E-state index is 8.59. The molecule has 19 heavy (non-hydrogen) atoms. The fourth-order valence-electron chi connectivity index (χ4n) is 1.74. The van der Waals surface area contributed by atoms with E-state index in [-0.39, 0.29) is 6.42 Å². The first kappa shape index (κ1) is 11.8. The lowest BCUT2D eigenvalue weighted by atomic mass is 10.2. The van der Waals surface area contributed by atoms with Crippen molar-refractivity contribution in [2.24, 2.45) is 0 Å². The second-order valence-corrected chi connectivity index (χ2v) is 4.71. The first-order valence-electron chi connectivity index (χ1n) is 5.53. The van der Waals surface area contributed by atoms with Crippen LogP contribution in [0.5, 0.6) is 0 Å². The molecule has 5 nitrogen and oxygen atoms in total. The van der Waals surface area contributed by atoms with E-state index in [2.05, 4.69) is 31.1 Å². The van der Waals surface area contributed by atoms with Crippen LogP contribution in [-0.2, 0) is 6.42 Å². The second-order valence-electron chi connectivity index (χ2n) is 3.86. The van der Waals surface area contributed by atoms with Gasteiger partial charge in [0.15, 0.2) is 0 Å². The molecule has 0 radical (unpaired) electrons. The third-order valence-electron chi connectivity index (χ3n) is 2.59. The van der Waals surface area contributed by atoms with Crippen LogP contribution in [0.4, 0.5) is 0 Å². The Balaban J connectivity index is 2.13. The molecule has 2 heterocycles. The molecular formula is C13H7BrN4O. The number of benzene rings is 1. The molecule has 3 rings (SSSR count). The Morgan fingerprint density at radius 1 is 1.26 bits per heavy atom. The molecule has 0 bridgehead atoms. The molecule has 0 N–H and O–H groups in total. The molecule has 0 atom stereocenters. The van der Waals surface area contributed by atoms with Gasteiger partial charge in [0.05, 0.1) is 11.6 Å². The van der Waals surface area contributed by atoms with Crippen molar-refractivity contribution >= 4 is 26.8 Å². The standard InChI is InChI=1S/C13H7BrN4O/c14-9-7-8-3-1-2-4-10(8)16-12(9)13-17-11(5-6-15)19-18-13/h1-4,7H,5H2. The van der Waals surface area contributed by atoms with Crippen molar-refractivity contribution < 1.29 is 4.52 Å². The Morgan fingerprint density at radius 2 is 2.11 bits per heavy atom. The molecule has 0 unspecified atom stereocenters. The van der Waals surface area contributed by atoms with Gasteiger partial charge in [0.1, 0.15) is 12.1 Å². The molecule has 0 aliphatic rings. The molecule has 0 aliphatic heterocycles. The highest BCUT2D eigenvalue weighted by molar-refractivity contribution is 9.10. The Labute approximate surface area is 117 Å². The number of nitriles is 1. The lowest BCUT2D eigenvalue weighted by molar-refractivity contribution is 0.387. The summed E-state index contributed by atoms with van der Waals surface area (Å²) < 4.78 is 5.77. The van der Waals surface area contributed by atoms with E-state index in [9.17, 15) is 0 Å². The van der Waals surface area contributed by atoms with Crippen LogP contribution >= 0.6 is 15.9 Å². The third kappa shape index (κ3) is 2.20. The summed E-state index contributed by atoms with van der Waals surface area (Å²) in [7, 11) is 0. The zero-order chi connectivity index (χ0) is 13.2. The fourth-order valence-corrected chi connectivity index (χ4v) is 2.25. The number of halogens is 1. The van der Waals surface area contributed by atoms with E-state index in [1.54, 1.807) is 0 Å². The smallest absolute Gasteiger partial charge is 0.241 e. The Hall–Kier alpha value is -2.26. The van der Waals surface area contributed by atoms with E-state index in [0.29, 0.717) is 17.4 Å². The molecule has 6 heteroatoms. The predicted octanol–water partition coefficient (Wildman–Crippen LogP) is 3.11. The van der Waals surface area contributed by atoms with E-state index in [1.165, 1.54) is 0 Å². The van der Waals surface area contributed by atoms with Crippen LogP contribution in [0.2, 0.25) is 0 Å². The van der Waals surface area contributed by atoms with Crippen LogP contribution in [0.3, 0.4) is 0 Å². The maximum Gasteiger partial charge on any atom is 0.241 e. The molecule has 3 aromatic rings. The Kier molecular flexibility index (Phi) is 2.97. The quantitative estimate of drug-likeness (QED) is 0.726. The van der Waals surface area contributed by atoms with Crippen LogP contribution in [0.25, 0.3) is 22.4 Å². The minimum absolute atomic E-state index is 0.0954. The first-order chi connectivity index (χ1) is 9.28. The number of rotatable bonds is 2. The van der Waals surface area contributed by atoms with Gasteiger partial charge in [-0.25, -0.2) is 4.98 Å². The van der Waals surface area contributed by atoms with Gasteiger partial charge in [-0.15, -0.1) is 0 Å². The monoisotopic (exact) mass is 314 g/mol. The van der Waals surface area contributed by atoms with E-state index in [1.807, 2.05) is 36.4 Å². The summed E-state index contributed by atoms with van der Waals surface area (Å²) in [4.78, 5) is 8.65. The summed E-state index contributed by atoms with van der Waals surface area (Å²) in [5.41, 5.74) is 1.46. The minimum Gasteiger partial charge on any atom is -0.338 e. The maximum absolute atomic E-state index is 8.59. The molecule has 0 spiro atoms. The van der Waals surface area contributed by atoms with Gasteiger partial charge in [-0.3, -0.25) is 0 Å². The van der Waals surface area contributed by atoms with Crippen molar-refractivity contribution in [2.75, 3.05) is 0 Å². The van der Waals surface area contributed by atoms with Crippen molar-refractivity contribution in [1.29, 1.82) is 5.26 Å². The van der Waals surface area contributed by atoms with Crippen molar-refractivity contribution in [3.8, 4) is 17.6 Å². The highest BCUT2D eigenvalue weighted by Gasteiger charge is 2.14. The number of fused-ring (bicyclic) bond motifs is 1. The molecule has 0 saturated carbocycles. The first-order valence-corrected chi connectivity index (χ1v) is 6.32. The summed E-state index contributed by atoms with van der Waals surface area (Å²) in [6.07, 6.45) is 0.0954. The summed E-state index contributed by atoms with van der Waals surface area (Å²) in [6.45, 7) is 0. The average molecular weight is 315 g/mol. The highest BCUT2D eigenvalue weighted by atomic mass is 79.9. The van der Waals surface area contributed by atoms with E-state index in [4.69, 9.17) is 9.78 Å². The largest absolute Gasteiger partial charge is 0.338 e. The lowest BCUT2D eigenvalue weighted by Gasteiger charge is -2.01. The van der Waals surface area contributed by atoms with Gasteiger partial charge in [-0.1, -0.05) is 23.4 Å². The van der Waals surface area contributed by atoms with Gasteiger partial charge < -0.3 is 4.52 Å². The molecule has 1 aromatic carbocycles. The van der Waals surface area contributed by atoms with Crippen molar-refractivity contribution in [3.05, 3.63) is 40.7 Å². The number of pyridine rings is 1. The number of nitrogens with zero attached hydrogens (tertiary/aromatic N) is 4. The van der Waals surface area contributed by atoms with Crippen molar-refractivity contribution in [3.63, 3.8) is 0 Å². The normalized spacial score (nSPS) is 10.5.